The zero-order valence-electron chi connectivity index (χ0n) is 13.7. The van der Waals surface area contributed by atoms with Crippen LogP contribution in [0.4, 0.5) is 4.39 Å². The lowest BCUT2D eigenvalue weighted by atomic mass is 10.2. The van der Waals surface area contributed by atoms with Crippen molar-refractivity contribution in [3.05, 3.63) is 66.1 Å². The van der Waals surface area contributed by atoms with Crippen LogP contribution in [-0.4, -0.2) is 36.7 Å². The van der Waals surface area contributed by atoms with E-state index in [9.17, 15) is 12.8 Å². The molecule has 1 aliphatic rings. The fourth-order valence-corrected chi connectivity index (χ4v) is 4.74. The Hall–Kier alpha value is -2.18. The number of hydrogen-bond donors (Lipinski definition) is 0. The van der Waals surface area contributed by atoms with Crippen LogP contribution < -0.4 is 0 Å². The molecule has 0 unspecified atom stereocenters. The van der Waals surface area contributed by atoms with Crippen LogP contribution in [0.25, 0.3) is 10.9 Å². The maximum absolute atomic E-state index is 13.4. The van der Waals surface area contributed by atoms with E-state index in [0.29, 0.717) is 18.0 Å². The Kier molecular flexibility index (Phi) is 4.09. The first-order valence-electron chi connectivity index (χ1n) is 8.31. The van der Waals surface area contributed by atoms with Gasteiger partial charge >= 0.3 is 0 Å². The van der Waals surface area contributed by atoms with Gasteiger partial charge in [-0.1, -0.05) is 18.2 Å². The maximum atomic E-state index is 13.4. The van der Waals surface area contributed by atoms with Gasteiger partial charge in [-0.05, 0) is 36.4 Å². The Bertz CT molecular complexity index is 1010. The van der Waals surface area contributed by atoms with Gasteiger partial charge in [0.15, 0.2) is 9.84 Å². The molecular weight excluding hydrogens is 339 g/mol. The van der Waals surface area contributed by atoms with Crippen LogP contribution in [-0.2, 0) is 22.9 Å². The Morgan fingerprint density at radius 2 is 1.80 bits per heavy atom. The van der Waals surface area contributed by atoms with Crippen LogP contribution in [0.5, 0.6) is 0 Å². The number of aromatic nitrogens is 1. The van der Waals surface area contributed by atoms with E-state index in [4.69, 9.17) is 0 Å². The van der Waals surface area contributed by atoms with Gasteiger partial charge in [-0.15, -0.1) is 0 Å². The van der Waals surface area contributed by atoms with Crippen molar-refractivity contribution < 1.29 is 12.8 Å². The molecule has 130 valence electrons. The van der Waals surface area contributed by atoms with Gasteiger partial charge in [-0.2, -0.15) is 0 Å². The second kappa shape index (κ2) is 6.28. The maximum Gasteiger partial charge on any atom is 0.179 e. The molecule has 25 heavy (non-hydrogen) atoms. The van der Waals surface area contributed by atoms with E-state index in [1.54, 1.807) is 30.3 Å². The summed E-state index contributed by atoms with van der Waals surface area (Å²) in [6.45, 7) is 2.75. The van der Waals surface area contributed by atoms with Crippen LogP contribution >= 0.6 is 0 Å². The Balaban J connectivity index is 1.49. The molecule has 6 heteroatoms. The fourth-order valence-electron chi connectivity index (χ4n) is 3.43. The minimum atomic E-state index is -3.27. The molecular formula is C19H19FN2O2S. The zero-order valence-corrected chi connectivity index (χ0v) is 14.5. The Morgan fingerprint density at radius 3 is 2.60 bits per heavy atom. The van der Waals surface area contributed by atoms with E-state index >= 15 is 0 Å². The summed E-state index contributed by atoms with van der Waals surface area (Å²) in [5, 5.41) is 0.897. The number of fused-ring (bicyclic) bond motifs is 3. The van der Waals surface area contributed by atoms with Gasteiger partial charge in [0.25, 0.3) is 0 Å². The number of sulfone groups is 1. The Labute approximate surface area is 146 Å². The zero-order chi connectivity index (χ0) is 17.4. The third-order valence-electron chi connectivity index (χ3n) is 4.75. The highest BCUT2D eigenvalue weighted by atomic mass is 32.2. The lowest BCUT2D eigenvalue weighted by molar-refractivity contribution is 0.236. The molecule has 0 bridgehead atoms. The van der Waals surface area contributed by atoms with E-state index in [1.807, 2.05) is 18.2 Å². The lowest BCUT2D eigenvalue weighted by Gasteiger charge is -2.28. The highest BCUT2D eigenvalue weighted by molar-refractivity contribution is 7.91. The van der Waals surface area contributed by atoms with Gasteiger partial charge in [0, 0.05) is 42.8 Å². The van der Waals surface area contributed by atoms with Crippen molar-refractivity contribution in [1.29, 1.82) is 0 Å². The van der Waals surface area contributed by atoms with Crippen molar-refractivity contribution >= 4 is 20.7 Å². The van der Waals surface area contributed by atoms with Crippen LogP contribution in [0.2, 0.25) is 0 Å². The van der Waals surface area contributed by atoms with Crippen LogP contribution in [0.1, 0.15) is 5.69 Å². The highest BCUT2D eigenvalue weighted by Gasteiger charge is 2.21. The second-order valence-electron chi connectivity index (χ2n) is 6.40. The molecule has 3 aromatic rings. The summed E-state index contributed by atoms with van der Waals surface area (Å²) >= 11 is 0. The van der Waals surface area contributed by atoms with Crippen molar-refractivity contribution in [1.82, 2.24) is 9.47 Å². The first-order chi connectivity index (χ1) is 12.0. The molecule has 1 aromatic heterocycles. The van der Waals surface area contributed by atoms with Crippen molar-refractivity contribution in [3.63, 3.8) is 0 Å². The first kappa shape index (κ1) is 16.3. The molecule has 4 rings (SSSR count). The highest BCUT2D eigenvalue weighted by Crippen LogP contribution is 2.25. The molecule has 4 nitrogen and oxygen atoms in total. The molecule has 0 spiro atoms. The average molecular weight is 358 g/mol. The van der Waals surface area contributed by atoms with Crippen molar-refractivity contribution in [2.75, 3.05) is 18.8 Å². The summed E-state index contributed by atoms with van der Waals surface area (Å²) in [6, 6.07) is 15.4. The molecule has 0 fully saturated rings. The molecule has 0 saturated carbocycles. The van der Waals surface area contributed by atoms with Gasteiger partial charge in [0.1, 0.15) is 5.82 Å². The fraction of sp³-hybridized carbons (Fsp3) is 0.263. The standard InChI is InChI=1S/C19H19FN2O2S/c20-16-6-7-19-15(12-16)13-17-14-21(8-9-22(17)19)10-11-25(23,24)18-4-2-1-3-5-18/h1-7,12-13H,8-11,14H2. The van der Waals surface area contributed by atoms with Crippen molar-refractivity contribution in [3.8, 4) is 0 Å². The van der Waals surface area contributed by atoms with E-state index < -0.39 is 9.84 Å². The second-order valence-corrected chi connectivity index (χ2v) is 8.51. The number of benzene rings is 2. The minimum Gasteiger partial charge on any atom is -0.342 e. The van der Waals surface area contributed by atoms with Gasteiger partial charge in [-0.3, -0.25) is 4.90 Å². The van der Waals surface area contributed by atoms with Crippen molar-refractivity contribution in [2.24, 2.45) is 0 Å². The van der Waals surface area contributed by atoms with E-state index in [1.165, 1.54) is 6.07 Å². The Morgan fingerprint density at radius 1 is 1.00 bits per heavy atom. The van der Waals surface area contributed by atoms with E-state index in [2.05, 4.69) is 9.47 Å². The topological polar surface area (TPSA) is 42.3 Å². The van der Waals surface area contributed by atoms with E-state index in [0.717, 1.165) is 29.7 Å². The third-order valence-corrected chi connectivity index (χ3v) is 6.46. The van der Waals surface area contributed by atoms with Gasteiger partial charge < -0.3 is 4.57 Å². The number of hydrogen-bond acceptors (Lipinski definition) is 3. The van der Waals surface area contributed by atoms with Crippen LogP contribution in [0, 0.1) is 5.82 Å². The summed E-state index contributed by atoms with van der Waals surface area (Å²) in [5.74, 6) is -0.132. The lowest BCUT2D eigenvalue weighted by Crippen LogP contribution is -2.36. The summed E-state index contributed by atoms with van der Waals surface area (Å²) in [7, 11) is -3.27. The third kappa shape index (κ3) is 3.19. The number of rotatable bonds is 4. The SMILES string of the molecule is O=S(=O)(CCN1CCn2c(cc3cc(F)ccc32)C1)c1ccccc1. The smallest absolute Gasteiger partial charge is 0.179 e. The van der Waals surface area contributed by atoms with E-state index in [-0.39, 0.29) is 11.6 Å². The quantitative estimate of drug-likeness (QED) is 0.720. The summed E-state index contributed by atoms with van der Waals surface area (Å²) in [5.41, 5.74) is 2.14. The van der Waals surface area contributed by atoms with Crippen LogP contribution in [0.15, 0.2) is 59.5 Å². The summed E-state index contributed by atoms with van der Waals surface area (Å²) in [6.07, 6.45) is 0. The molecule has 0 radical (unpaired) electrons. The number of nitrogens with zero attached hydrogens (tertiary/aromatic N) is 2. The molecule has 0 aliphatic carbocycles. The van der Waals surface area contributed by atoms with Crippen LogP contribution in [0.3, 0.4) is 0 Å². The summed E-state index contributed by atoms with van der Waals surface area (Å²) < 4.78 is 40.4. The predicted octanol–water partition coefficient (Wildman–Crippen LogP) is 3.07. The average Bonchev–Trinajstić information content (AvgIpc) is 2.97. The normalized spacial score (nSPS) is 15.4. The van der Waals surface area contributed by atoms with Gasteiger partial charge in [0.05, 0.1) is 10.6 Å². The number of halogens is 1. The molecule has 2 heterocycles. The largest absolute Gasteiger partial charge is 0.342 e. The van der Waals surface area contributed by atoms with Gasteiger partial charge in [-0.25, -0.2) is 12.8 Å². The molecule has 0 saturated heterocycles. The van der Waals surface area contributed by atoms with Crippen molar-refractivity contribution in [2.45, 2.75) is 18.0 Å². The minimum absolute atomic E-state index is 0.103. The molecule has 1 aliphatic heterocycles. The summed E-state index contributed by atoms with van der Waals surface area (Å²) in [4.78, 5) is 2.52. The monoisotopic (exact) mass is 358 g/mol. The molecule has 0 atom stereocenters. The molecule has 2 aromatic carbocycles. The van der Waals surface area contributed by atoms with Gasteiger partial charge in [0.2, 0.25) is 0 Å². The first-order valence-corrected chi connectivity index (χ1v) is 9.96. The predicted molar refractivity (Wildman–Crippen MR) is 95.7 cm³/mol. The molecule has 0 N–H and O–H groups in total. The molecule has 0 amide bonds.